The smallest absolute Gasteiger partial charge is 0.245 e. The van der Waals surface area contributed by atoms with Gasteiger partial charge in [0.25, 0.3) is 0 Å². The van der Waals surface area contributed by atoms with E-state index in [1.54, 1.807) is 43.3 Å². The van der Waals surface area contributed by atoms with Gasteiger partial charge in [0.2, 0.25) is 10.0 Å². The van der Waals surface area contributed by atoms with E-state index in [0.29, 0.717) is 22.9 Å². The lowest BCUT2D eigenvalue weighted by Crippen LogP contribution is -2.24. The van der Waals surface area contributed by atoms with E-state index in [1.807, 2.05) is 6.07 Å². The SMILES string of the molecule is CCOc1ccccc1S(=O)(=O)NCC#Cc1ccccc1Cl. The van der Waals surface area contributed by atoms with Crippen molar-refractivity contribution in [2.24, 2.45) is 0 Å². The lowest BCUT2D eigenvalue weighted by molar-refractivity contribution is 0.331. The maximum absolute atomic E-state index is 12.3. The average Bonchev–Trinajstić information content (AvgIpc) is 2.54. The number of para-hydroxylation sites is 1. The van der Waals surface area contributed by atoms with Crippen LogP contribution in [0, 0.1) is 11.8 Å². The van der Waals surface area contributed by atoms with E-state index in [1.165, 1.54) is 6.07 Å². The Morgan fingerprint density at radius 2 is 1.83 bits per heavy atom. The molecule has 0 unspecified atom stereocenters. The molecule has 0 aromatic heterocycles. The van der Waals surface area contributed by atoms with E-state index in [4.69, 9.17) is 16.3 Å². The summed E-state index contributed by atoms with van der Waals surface area (Å²) in [6.07, 6.45) is 0. The number of hydrogen-bond acceptors (Lipinski definition) is 3. The molecule has 6 heteroatoms. The molecule has 2 aromatic rings. The van der Waals surface area contributed by atoms with E-state index < -0.39 is 10.0 Å². The molecule has 120 valence electrons. The summed E-state index contributed by atoms with van der Waals surface area (Å²) in [5.74, 6) is 5.91. The van der Waals surface area contributed by atoms with Crippen LogP contribution in [-0.4, -0.2) is 21.6 Å². The lowest BCUT2D eigenvalue weighted by atomic mass is 10.2. The summed E-state index contributed by atoms with van der Waals surface area (Å²) < 4.78 is 32.4. The Morgan fingerprint density at radius 3 is 2.57 bits per heavy atom. The molecule has 0 fully saturated rings. The summed E-state index contributed by atoms with van der Waals surface area (Å²) in [5.41, 5.74) is 0.656. The molecular weight excluding hydrogens is 334 g/mol. The van der Waals surface area contributed by atoms with Crippen LogP contribution in [0.15, 0.2) is 53.4 Å². The molecule has 0 bridgehead atoms. The molecule has 0 saturated carbocycles. The van der Waals surface area contributed by atoms with Gasteiger partial charge in [0.15, 0.2) is 0 Å². The van der Waals surface area contributed by atoms with Crippen molar-refractivity contribution in [3.05, 3.63) is 59.1 Å². The van der Waals surface area contributed by atoms with Gasteiger partial charge in [-0.25, -0.2) is 8.42 Å². The van der Waals surface area contributed by atoms with Crippen LogP contribution >= 0.6 is 11.6 Å². The third-order valence-electron chi connectivity index (χ3n) is 2.89. The van der Waals surface area contributed by atoms with Crippen molar-refractivity contribution in [3.63, 3.8) is 0 Å². The third kappa shape index (κ3) is 4.73. The highest BCUT2D eigenvalue weighted by molar-refractivity contribution is 7.89. The van der Waals surface area contributed by atoms with Crippen molar-refractivity contribution in [3.8, 4) is 17.6 Å². The van der Waals surface area contributed by atoms with Gasteiger partial charge in [0.05, 0.1) is 18.2 Å². The number of nitrogens with one attached hydrogen (secondary N) is 1. The van der Waals surface area contributed by atoms with Crippen molar-refractivity contribution >= 4 is 21.6 Å². The van der Waals surface area contributed by atoms with Crippen LogP contribution in [0.3, 0.4) is 0 Å². The lowest BCUT2D eigenvalue weighted by Gasteiger charge is -2.10. The average molecular weight is 350 g/mol. The normalized spacial score (nSPS) is 10.7. The Balaban J connectivity index is 2.10. The number of benzene rings is 2. The minimum Gasteiger partial charge on any atom is -0.492 e. The molecule has 0 atom stereocenters. The van der Waals surface area contributed by atoms with E-state index >= 15 is 0 Å². The van der Waals surface area contributed by atoms with Crippen LogP contribution in [0.5, 0.6) is 5.75 Å². The zero-order valence-corrected chi connectivity index (χ0v) is 14.1. The van der Waals surface area contributed by atoms with Crippen LogP contribution in [0.2, 0.25) is 5.02 Å². The first kappa shape index (κ1) is 17.4. The van der Waals surface area contributed by atoms with Crippen LogP contribution in [-0.2, 0) is 10.0 Å². The highest BCUT2D eigenvalue weighted by atomic mass is 35.5. The largest absolute Gasteiger partial charge is 0.492 e. The van der Waals surface area contributed by atoms with Gasteiger partial charge in [-0.15, -0.1) is 0 Å². The number of halogens is 1. The van der Waals surface area contributed by atoms with E-state index in [0.717, 1.165) is 0 Å². The fraction of sp³-hybridized carbons (Fsp3) is 0.176. The standard InChI is InChI=1S/C17H16ClNO3S/c1-2-22-16-11-5-6-12-17(16)23(20,21)19-13-7-9-14-8-3-4-10-15(14)18/h3-6,8,10-12,19H,2,13H2,1H3. The van der Waals surface area contributed by atoms with Crippen LogP contribution in [0.4, 0.5) is 0 Å². The molecule has 0 aliphatic rings. The van der Waals surface area contributed by atoms with Crippen molar-refractivity contribution in [1.29, 1.82) is 0 Å². The first-order valence-electron chi connectivity index (χ1n) is 6.99. The molecule has 4 nitrogen and oxygen atoms in total. The zero-order chi connectivity index (χ0) is 16.7. The van der Waals surface area contributed by atoms with Crippen molar-refractivity contribution < 1.29 is 13.2 Å². The molecule has 0 aliphatic heterocycles. The van der Waals surface area contributed by atoms with Gasteiger partial charge in [0, 0.05) is 5.56 Å². The van der Waals surface area contributed by atoms with Gasteiger partial charge < -0.3 is 4.74 Å². The highest BCUT2D eigenvalue weighted by Gasteiger charge is 2.18. The van der Waals surface area contributed by atoms with Gasteiger partial charge in [0.1, 0.15) is 10.6 Å². The summed E-state index contributed by atoms with van der Waals surface area (Å²) in [7, 11) is -3.69. The van der Waals surface area contributed by atoms with Crippen molar-refractivity contribution in [2.45, 2.75) is 11.8 Å². The third-order valence-corrected chi connectivity index (χ3v) is 4.66. The number of ether oxygens (including phenoxy) is 1. The quantitative estimate of drug-likeness (QED) is 0.844. The Morgan fingerprint density at radius 1 is 1.13 bits per heavy atom. The Kier molecular flexibility index (Phi) is 6.05. The first-order chi connectivity index (χ1) is 11.0. The van der Waals surface area contributed by atoms with Gasteiger partial charge in [-0.2, -0.15) is 4.72 Å². The molecule has 0 spiro atoms. The topological polar surface area (TPSA) is 55.4 Å². The van der Waals surface area contributed by atoms with Crippen molar-refractivity contribution in [2.75, 3.05) is 13.2 Å². The second-order valence-electron chi connectivity index (χ2n) is 4.49. The summed E-state index contributed by atoms with van der Waals surface area (Å²) >= 11 is 5.99. The Bertz CT molecular complexity index is 838. The van der Waals surface area contributed by atoms with Crippen LogP contribution < -0.4 is 9.46 Å². The molecule has 0 heterocycles. The molecule has 1 N–H and O–H groups in total. The van der Waals surface area contributed by atoms with Crippen LogP contribution in [0.1, 0.15) is 12.5 Å². The molecule has 2 rings (SSSR count). The molecular formula is C17H16ClNO3S. The highest BCUT2D eigenvalue weighted by Crippen LogP contribution is 2.22. The van der Waals surface area contributed by atoms with Crippen molar-refractivity contribution in [1.82, 2.24) is 4.72 Å². The molecule has 0 radical (unpaired) electrons. The number of hydrogen-bond donors (Lipinski definition) is 1. The van der Waals surface area contributed by atoms with Gasteiger partial charge in [-0.3, -0.25) is 0 Å². The van der Waals surface area contributed by atoms with E-state index in [9.17, 15) is 8.42 Å². The summed E-state index contributed by atoms with van der Waals surface area (Å²) in [5, 5.41) is 0.532. The second kappa shape index (κ2) is 8.02. The monoisotopic (exact) mass is 349 g/mol. The Hall–Kier alpha value is -2.00. The van der Waals surface area contributed by atoms with E-state index in [2.05, 4.69) is 16.6 Å². The summed E-state index contributed by atoms with van der Waals surface area (Å²) in [4.78, 5) is 0.0985. The van der Waals surface area contributed by atoms with Crippen LogP contribution in [0.25, 0.3) is 0 Å². The zero-order valence-electron chi connectivity index (χ0n) is 12.5. The molecule has 0 saturated heterocycles. The predicted molar refractivity (Wildman–Crippen MR) is 91.1 cm³/mol. The number of rotatable bonds is 5. The first-order valence-corrected chi connectivity index (χ1v) is 8.85. The minimum absolute atomic E-state index is 0.0198. The van der Waals surface area contributed by atoms with Gasteiger partial charge in [-0.1, -0.05) is 47.7 Å². The Labute approximate surface area is 141 Å². The molecule has 0 aliphatic carbocycles. The predicted octanol–water partition coefficient (Wildman–Crippen LogP) is 3.07. The molecule has 23 heavy (non-hydrogen) atoms. The minimum atomic E-state index is -3.69. The maximum Gasteiger partial charge on any atom is 0.245 e. The molecule has 2 aromatic carbocycles. The fourth-order valence-corrected chi connectivity index (χ4v) is 3.11. The summed E-state index contributed by atoms with van der Waals surface area (Å²) in [6.45, 7) is 2.17. The fourth-order valence-electron chi connectivity index (χ4n) is 1.86. The summed E-state index contributed by atoms with van der Waals surface area (Å²) in [6, 6.07) is 13.6. The van der Waals surface area contributed by atoms with E-state index in [-0.39, 0.29) is 11.4 Å². The maximum atomic E-state index is 12.3. The van der Waals surface area contributed by atoms with Gasteiger partial charge >= 0.3 is 0 Å². The van der Waals surface area contributed by atoms with Gasteiger partial charge in [-0.05, 0) is 31.2 Å². The second-order valence-corrected chi connectivity index (χ2v) is 6.63. The molecule has 0 amide bonds. The number of sulfonamides is 1.